The monoisotopic (exact) mass is 368 g/mol. The summed E-state index contributed by atoms with van der Waals surface area (Å²) in [5.74, 6) is 1.63. The summed E-state index contributed by atoms with van der Waals surface area (Å²) < 4.78 is 7.29. The van der Waals surface area contributed by atoms with E-state index in [1.54, 1.807) is 30.5 Å². The minimum absolute atomic E-state index is 0.180. The van der Waals surface area contributed by atoms with E-state index in [0.717, 1.165) is 11.4 Å². The number of amides is 2. The molecule has 2 amide bonds. The molecule has 0 saturated carbocycles. The summed E-state index contributed by atoms with van der Waals surface area (Å²) >= 11 is 0. The van der Waals surface area contributed by atoms with Gasteiger partial charge in [-0.2, -0.15) is 0 Å². The van der Waals surface area contributed by atoms with Crippen LogP contribution in [0.15, 0.2) is 47.5 Å². The number of nitrogens with zero attached hydrogens (tertiary/aromatic N) is 5. The van der Waals surface area contributed by atoms with E-state index in [1.165, 1.54) is 0 Å². The highest BCUT2D eigenvalue weighted by atomic mass is 16.5. The Morgan fingerprint density at radius 2 is 2.19 bits per heavy atom. The van der Waals surface area contributed by atoms with Crippen LogP contribution in [0.4, 0.5) is 4.79 Å². The standard InChI is InChI=1S/C19H24N6O2/c1-13(2)17(18-21-8-9-24(18)3)22-19(26)25(4)12-15-10-16(23-27-15)14-6-5-7-20-11-14/h5-11,13,17H,12H2,1-4H3,(H,22,26)/t17-/m1/s1. The molecule has 27 heavy (non-hydrogen) atoms. The van der Waals surface area contributed by atoms with Gasteiger partial charge in [-0.1, -0.05) is 19.0 Å². The Kier molecular flexibility index (Phi) is 5.54. The number of carbonyl (C=O) groups excluding carboxylic acids is 1. The molecule has 0 aromatic carbocycles. The highest BCUT2D eigenvalue weighted by Gasteiger charge is 2.24. The average Bonchev–Trinajstić information content (AvgIpc) is 3.29. The van der Waals surface area contributed by atoms with Gasteiger partial charge in [-0.05, 0) is 18.1 Å². The molecular formula is C19H24N6O2. The van der Waals surface area contributed by atoms with Gasteiger partial charge in [-0.25, -0.2) is 9.78 Å². The molecule has 3 aromatic heterocycles. The second-order valence-corrected chi connectivity index (χ2v) is 6.84. The molecule has 3 rings (SSSR count). The van der Waals surface area contributed by atoms with Crippen molar-refractivity contribution in [2.24, 2.45) is 13.0 Å². The highest BCUT2D eigenvalue weighted by molar-refractivity contribution is 5.74. The lowest BCUT2D eigenvalue weighted by atomic mass is 10.0. The van der Waals surface area contributed by atoms with Crippen LogP contribution in [0.1, 0.15) is 31.5 Å². The second-order valence-electron chi connectivity index (χ2n) is 6.84. The van der Waals surface area contributed by atoms with Gasteiger partial charge in [0.25, 0.3) is 0 Å². The van der Waals surface area contributed by atoms with Crippen molar-refractivity contribution < 1.29 is 9.32 Å². The molecule has 3 aromatic rings. The van der Waals surface area contributed by atoms with Crippen LogP contribution in [0.5, 0.6) is 0 Å². The first-order valence-corrected chi connectivity index (χ1v) is 8.80. The number of rotatable bonds is 6. The van der Waals surface area contributed by atoms with E-state index in [2.05, 4.69) is 34.3 Å². The smallest absolute Gasteiger partial charge is 0.318 e. The molecule has 0 radical (unpaired) electrons. The summed E-state index contributed by atoms with van der Waals surface area (Å²) in [7, 11) is 3.64. The molecule has 0 bridgehead atoms. The van der Waals surface area contributed by atoms with Crippen molar-refractivity contribution in [2.45, 2.75) is 26.4 Å². The van der Waals surface area contributed by atoms with Crippen molar-refractivity contribution >= 4 is 6.03 Å². The molecule has 8 nitrogen and oxygen atoms in total. The van der Waals surface area contributed by atoms with Gasteiger partial charge in [0.05, 0.1) is 12.6 Å². The molecule has 0 aliphatic carbocycles. The SMILES string of the molecule is CC(C)[C@@H](NC(=O)N(C)Cc1cc(-c2cccnc2)no1)c1nccn1C. The summed E-state index contributed by atoms with van der Waals surface area (Å²) in [4.78, 5) is 22.7. The van der Waals surface area contributed by atoms with E-state index in [-0.39, 0.29) is 18.0 Å². The second kappa shape index (κ2) is 8.03. The molecule has 1 atom stereocenters. The van der Waals surface area contributed by atoms with Crippen LogP contribution >= 0.6 is 0 Å². The minimum atomic E-state index is -0.198. The van der Waals surface area contributed by atoms with Gasteiger partial charge in [0.15, 0.2) is 5.76 Å². The van der Waals surface area contributed by atoms with E-state index in [1.807, 2.05) is 36.0 Å². The normalized spacial score (nSPS) is 12.2. The lowest BCUT2D eigenvalue weighted by molar-refractivity contribution is 0.192. The molecule has 3 heterocycles. The molecule has 8 heteroatoms. The quantitative estimate of drug-likeness (QED) is 0.722. The number of imidazole rings is 1. The third-order valence-corrected chi connectivity index (χ3v) is 4.34. The predicted octanol–water partition coefficient (Wildman–Crippen LogP) is 3.01. The van der Waals surface area contributed by atoms with Crippen molar-refractivity contribution in [3.8, 4) is 11.3 Å². The Balaban J connectivity index is 1.65. The van der Waals surface area contributed by atoms with Gasteiger partial charge < -0.3 is 19.3 Å². The Morgan fingerprint density at radius 3 is 2.81 bits per heavy atom. The number of aromatic nitrogens is 4. The molecular weight excluding hydrogens is 344 g/mol. The van der Waals surface area contributed by atoms with Crippen LogP contribution in [0.3, 0.4) is 0 Å². The summed E-state index contributed by atoms with van der Waals surface area (Å²) in [6.07, 6.45) is 7.03. The first-order chi connectivity index (χ1) is 13.0. The number of hydrogen-bond donors (Lipinski definition) is 1. The van der Waals surface area contributed by atoms with Crippen LogP contribution in [0.2, 0.25) is 0 Å². The van der Waals surface area contributed by atoms with Gasteiger partial charge in [-0.3, -0.25) is 4.98 Å². The van der Waals surface area contributed by atoms with Crippen LogP contribution in [-0.2, 0) is 13.6 Å². The number of urea groups is 1. The molecule has 0 aliphatic rings. The van der Waals surface area contributed by atoms with Gasteiger partial charge >= 0.3 is 6.03 Å². The molecule has 142 valence electrons. The maximum atomic E-state index is 12.7. The van der Waals surface area contributed by atoms with Crippen molar-refractivity contribution in [3.63, 3.8) is 0 Å². The number of carbonyl (C=O) groups is 1. The first kappa shape index (κ1) is 18.6. The van der Waals surface area contributed by atoms with Crippen molar-refractivity contribution in [1.29, 1.82) is 0 Å². The maximum Gasteiger partial charge on any atom is 0.318 e. The number of pyridine rings is 1. The van der Waals surface area contributed by atoms with Crippen LogP contribution < -0.4 is 5.32 Å². The maximum absolute atomic E-state index is 12.7. The molecule has 1 N–H and O–H groups in total. The Morgan fingerprint density at radius 1 is 1.37 bits per heavy atom. The number of hydrogen-bond acceptors (Lipinski definition) is 5. The summed E-state index contributed by atoms with van der Waals surface area (Å²) in [6.45, 7) is 4.41. The predicted molar refractivity (Wildman–Crippen MR) is 101 cm³/mol. The van der Waals surface area contributed by atoms with E-state index in [0.29, 0.717) is 18.0 Å². The summed E-state index contributed by atoms with van der Waals surface area (Å²) in [6, 6.07) is 5.19. The lowest BCUT2D eigenvalue weighted by Gasteiger charge is -2.25. The molecule has 0 spiro atoms. The fraction of sp³-hybridized carbons (Fsp3) is 0.368. The van der Waals surface area contributed by atoms with E-state index in [4.69, 9.17) is 4.52 Å². The van der Waals surface area contributed by atoms with Crippen molar-refractivity contribution in [2.75, 3.05) is 7.05 Å². The summed E-state index contributed by atoms with van der Waals surface area (Å²) in [5, 5.41) is 7.10. The first-order valence-electron chi connectivity index (χ1n) is 8.80. The van der Waals surface area contributed by atoms with Gasteiger partial charge in [0, 0.05) is 50.5 Å². The van der Waals surface area contributed by atoms with Gasteiger partial charge in [0.1, 0.15) is 11.5 Å². The Hall–Kier alpha value is -3.16. The minimum Gasteiger partial charge on any atom is -0.359 e. The largest absolute Gasteiger partial charge is 0.359 e. The zero-order valence-corrected chi connectivity index (χ0v) is 16.0. The van der Waals surface area contributed by atoms with Gasteiger partial charge in [0.2, 0.25) is 0 Å². The van der Waals surface area contributed by atoms with Crippen LogP contribution in [0.25, 0.3) is 11.3 Å². The van der Waals surface area contributed by atoms with E-state index >= 15 is 0 Å². The molecule has 0 saturated heterocycles. The fourth-order valence-corrected chi connectivity index (χ4v) is 2.79. The third-order valence-electron chi connectivity index (χ3n) is 4.34. The topological polar surface area (TPSA) is 89.1 Å². The van der Waals surface area contributed by atoms with E-state index < -0.39 is 0 Å². The Labute approximate surface area is 158 Å². The van der Waals surface area contributed by atoms with E-state index in [9.17, 15) is 4.79 Å². The zero-order valence-electron chi connectivity index (χ0n) is 16.0. The third kappa shape index (κ3) is 4.33. The fourth-order valence-electron chi connectivity index (χ4n) is 2.79. The van der Waals surface area contributed by atoms with Gasteiger partial charge in [-0.15, -0.1) is 0 Å². The lowest BCUT2D eigenvalue weighted by Crippen LogP contribution is -2.41. The molecule has 0 fully saturated rings. The van der Waals surface area contributed by atoms with Crippen LogP contribution in [-0.4, -0.2) is 37.7 Å². The zero-order chi connectivity index (χ0) is 19.4. The number of nitrogens with one attached hydrogen (secondary N) is 1. The average molecular weight is 368 g/mol. The van der Waals surface area contributed by atoms with Crippen molar-refractivity contribution in [3.05, 3.63) is 54.6 Å². The van der Waals surface area contributed by atoms with Crippen molar-refractivity contribution in [1.82, 2.24) is 29.9 Å². The Bertz CT molecular complexity index is 887. The highest BCUT2D eigenvalue weighted by Crippen LogP contribution is 2.21. The van der Waals surface area contributed by atoms with Crippen LogP contribution in [0, 0.1) is 5.92 Å². The number of aryl methyl sites for hydroxylation is 1. The molecule has 0 aliphatic heterocycles. The molecule has 0 unspecified atom stereocenters. The summed E-state index contributed by atoms with van der Waals surface area (Å²) in [5.41, 5.74) is 1.56.